The van der Waals surface area contributed by atoms with Gasteiger partial charge in [0, 0.05) is 18.6 Å². The Morgan fingerprint density at radius 1 is 1.19 bits per heavy atom. The molecule has 0 spiro atoms. The van der Waals surface area contributed by atoms with E-state index < -0.39 is 5.82 Å². The molecule has 1 heterocycles. The number of hydrogen-bond acceptors (Lipinski definition) is 4. The van der Waals surface area contributed by atoms with Crippen LogP contribution >= 0.6 is 0 Å². The molecule has 0 fully saturated rings. The molecule has 1 aromatic heterocycles. The molecule has 0 amide bonds. The maximum absolute atomic E-state index is 13.6. The van der Waals surface area contributed by atoms with Gasteiger partial charge < -0.3 is 4.74 Å². The van der Waals surface area contributed by atoms with Crippen LogP contribution in [0.1, 0.15) is 29.3 Å². The molecule has 130 valence electrons. The zero-order valence-electron chi connectivity index (χ0n) is 14.1. The van der Waals surface area contributed by atoms with E-state index in [-0.39, 0.29) is 16.9 Å². The van der Waals surface area contributed by atoms with Gasteiger partial charge in [0.15, 0.2) is 0 Å². The van der Waals surface area contributed by atoms with E-state index in [0.717, 1.165) is 29.3 Å². The van der Waals surface area contributed by atoms with Gasteiger partial charge >= 0.3 is 0 Å². The lowest BCUT2D eigenvalue weighted by Gasteiger charge is -2.12. The Balaban J connectivity index is 1.90. The summed E-state index contributed by atoms with van der Waals surface area (Å²) in [5.41, 5.74) is 2.57. The summed E-state index contributed by atoms with van der Waals surface area (Å²) >= 11 is 0. The average Bonchev–Trinajstić information content (AvgIpc) is 2.63. The first-order valence-electron chi connectivity index (χ1n) is 8.12. The zero-order chi connectivity index (χ0) is 18.5. The number of nitrogens with zero attached hydrogens (tertiary/aromatic N) is 2. The number of hydrogen-bond donors (Lipinski definition) is 1. The van der Waals surface area contributed by atoms with E-state index >= 15 is 0 Å². The SMILES string of the molecule is CCc1ccc(Cc2ccc(=O)[nH]n2)cc1Oc1cc(F)cc(C#N)c1. The van der Waals surface area contributed by atoms with Crippen LogP contribution in [0.2, 0.25) is 0 Å². The van der Waals surface area contributed by atoms with Crippen LogP contribution in [0.4, 0.5) is 4.39 Å². The standard InChI is InChI=1S/C20H16FN3O2/c1-2-15-4-3-13(8-17-5-6-20(25)24-23-17)10-19(15)26-18-9-14(12-22)7-16(21)11-18/h3-7,9-11H,2,8H2,1H3,(H,24,25). The first kappa shape index (κ1) is 17.4. The van der Waals surface area contributed by atoms with Gasteiger partial charge in [-0.25, -0.2) is 9.49 Å². The average molecular weight is 349 g/mol. The summed E-state index contributed by atoms with van der Waals surface area (Å²) in [6.07, 6.45) is 1.26. The monoisotopic (exact) mass is 349 g/mol. The molecule has 3 rings (SSSR count). The molecule has 3 aromatic rings. The molecule has 0 saturated carbocycles. The number of H-pyrrole nitrogens is 1. The van der Waals surface area contributed by atoms with Crippen LogP contribution in [0, 0.1) is 17.1 Å². The number of nitrogens with one attached hydrogen (secondary N) is 1. The quantitative estimate of drug-likeness (QED) is 0.761. The molecule has 0 aliphatic heterocycles. The number of ether oxygens (including phenoxy) is 1. The fraction of sp³-hybridized carbons (Fsp3) is 0.150. The molecule has 5 nitrogen and oxygen atoms in total. The van der Waals surface area contributed by atoms with Gasteiger partial charge in [0.25, 0.3) is 5.56 Å². The highest BCUT2D eigenvalue weighted by Gasteiger charge is 2.09. The molecule has 0 aliphatic rings. The van der Waals surface area contributed by atoms with Gasteiger partial charge in [0.05, 0.1) is 17.3 Å². The third kappa shape index (κ3) is 4.14. The minimum Gasteiger partial charge on any atom is -0.457 e. The van der Waals surface area contributed by atoms with Crippen molar-refractivity contribution in [3.8, 4) is 17.6 Å². The van der Waals surface area contributed by atoms with Crippen molar-refractivity contribution in [2.45, 2.75) is 19.8 Å². The summed E-state index contributed by atoms with van der Waals surface area (Å²) in [7, 11) is 0. The molecule has 0 radical (unpaired) electrons. The number of benzene rings is 2. The van der Waals surface area contributed by atoms with Crippen molar-refractivity contribution in [1.29, 1.82) is 5.26 Å². The lowest BCUT2D eigenvalue weighted by atomic mass is 10.0. The number of rotatable bonds is 5. The van der Waals surface area contributed by atoms with Gasteiger partial charge in [-0.05, 0) is 41.8 Å². The van der Waals surface area contributed by atoms with Crippen molar-refractivity contribution < 1.29 is 9.13 Å². The molecule has 26 heavy (non-hydrogen) atoms. The Bertz CT molecular complexity index is 1020. The molecule has 2 aromatic carbocycles. The molecule has 1 N–H and O–H groups in total. The molecular weight excluding hydrogens is 333 g/mol. The van der Waals surface area contributed by atoms with E-state index in [0.29, 0.717) is 12.2 Å². The van der Waals surface area contributed by atoms with Crippen LogP contribution in [-0.2, 0) is 12.8 Å². The maximum atomic E-state index is 13.6. The maximum Gasteiger partial charge on any atom is 0.264 e. The Kier molecular flexibility index (Phi) is 5.09. The summed E-state index contributed by atoms with van der Waals surface area (Å²) in [4.78, 5) is 11.1. The van der Waals surface area contributed by atoms with Crippen molar-refractivity contribution in [3.63, 3.8) is 0 Å². The minimum atomic E-state index is -0.523. The lowest BCUT2D eigenvalue weighted by molar-refractivity contribution is 0.470. The highest BCUT2D eigenvalue weighted by atomic mass is 19.1. The van der Waals surface area contributed by atoms with Crippen molar-refractivity contribution in [1.82, 2.24) is 10.2 Å². The Hall–Kier alpha value is -3.46. The van der Waals surface area contributed by atoms with Gasteiger partial charge in [0.2, 0.25) is 0 Å². The van der Waals surface area contributed by atoms with E-state index in [9.17, 15) is 9.18 Å². The molecule has 0 bridgehead atoms. The van der Waals surface area contributed by atoms with Gasteiger partial charge in [-0.3, -0.25) is 4.79 Å². The first-order chi connectivity index (χ1) is 12.6. The van der Waals surface area contributed by atoms with E-state index in [1.54, 1.807) is 6.07 Å². The zero-order valence-corrected chi connectivity index (χ0v) is 14.1. The smallest absolute Gasteiger partial charge is 0.264 e. The second-order valence-corrected chi connectivity index (χ2v) is 5.77. The number of nitriles is 1. The van der Waals surface area contributed by atoms with E-state index in [2.05, 4.69) is 10.2 Å². The van der Waals surface area contributed by atoms with Crippen LogP contribution in [0.25, 0.3) is 0 Å². The Labute approximate surface area is 149 Å². The molecule has 0 unspecified atom stereocenters. The first-order valence-corrected chi connectivity index (χ1v) is 8.12. The molecular formula is C20H16FN3O2. The number of halogens is 1. The summed E-state index contributed by atoms with van der Waals surface area (Å²) in [5, 5.41) is 15.4. The molecule has 0 atom stereocenters. The molecule has 0 aliphatic carbocycles. The fourth-order valence-corrected chi connectivity index (χ4v) is 2.59. The number of aromatic nitrogens is 2. The lowest BCUT2D eigenvalue weighted by Crippen LogP contribution is -2.07. The van der Waals surface area contributed by atoms with Crippen molar-refractivity contribution in [3.05, 3.63) is 87.1 Å². The Morgan fingerprint density at radius 3 is 2.73 bits per heavy atom. The van der Waals surface area contributed by atoms with Gasteiger partial charge in [-0.15, -0.1) is 0 Å². The van der Waals surface area contributed by atoms with Crippen LogP contribution in [0.5, 0.6) is 11.5 Å². The van der Waals surface area contributed by atoms with Gasteiger partial charge in [-0.2, -0.15) is 10.4 Å². The number of aryl methyl sites for hydroxylation is 1. The van der Waals surface area contributed by atoms with E-state index in [1.807, 2.05) is 31.2 Å². The molecule has 6 heteroatoms. The van der Waals surface area contributed by atoms with Crippen molar-refractivity contribution >= 4 is 0 Å². The highest BCUT2D eigenvalue weighted by Crippen LogP contribution is 2.29. The van der Waals surface area contributed by atoms with Crippen LogP contribution in [-0.4, -0.2) is 10.2 Å². The van der Waals surface area contributed by atoms with Crippen LogP contribution in [0.3, 0.4) is 0 Å². The summed E-state index contributed by atoms with van der Waals surface area (Å²) in [5.74, 6) is 0.352. The summed E-state index contributed by atoms with van der Waals surface area (Å²) in [6.45, 7) is 2.00. The van der Waals surface area contributed by atoms with E-state index in [4.69, 9.17) is 10.00 Å². The number of aromatic amines is 1. The van der Waals surface area contributed by atoms with Gasteiger partial charge in [-0.1, -0.05) is 19.1 Å². The summed E-state index contributed by atoms with van der Waals surface area (Å²) in [6, 6.07) is 14.7. The molecule has 0 saturated heterocycles. The van der Waals surface area contributed by atoms with Crippen LogP contribution in [0.15, 0.2) is 53.3 Å². The van der Waals surface area contributed by atoms with Crippen molar-refractivity contribution in [2.24, 2.45) is 0 Å². The topological polar surface area (TPSA) is 78.8 Å². The fourth-order valence-electron chi connectivity index (χ4n) is 2.59. The predicted molar refractivity (Wildman–Crippen MR) is 94.7 cm³/mol. The summed E-state index contributed by atoms with van der Waals surface area (Å²) < 4.78 is 19.5. The third-order valence-electron chi connectivity index (χ3n) is 3.86. The normalized spacial score (nSPS) is 10.3. The second kappa shape index (κ2) is 7.62. The minimum absolute atomic E-state index is 0.201. The second-order valence-electron chi connectivity index (χ2n) is 5.77. The highest BCUT2D eigenvalue weighted by molar-refractivity contribution is 5.44. The Morgan fingerprint density at radius 2 is 2.04 bits per heavy atom. The van der Waals surface area contributed by atoms with Crippen LogP contribution < -0.4 is 10.3 Å². The predicted octanol–water partition coefficient (Wildman–Crippen LogP) is 3.73. The largest absolute Gasteiger partial charge is 0.457 e. The third-order valence-corrected chi connectivity index (χ3v) is 3.86. The van der Waals surface area contributed by atoms with Crippen molar-refractivity contribution in [2.75, 3.05) is 0 Å². The van der Waals surface area contributed by atoms with Gasteiger partial charge in [0.1, 0.15) is 17.3 Å². The van der Waals surface area contributed by atoms with E-state index in [1.165, 1.54) is 18.2 Å².